The van der Waals surface area contributed by atoms with Crippen molar-refractivity contribution in [2.45, 2.75) is 12.6 Å². The highest BCUT2D eigenvalue weighted by molar-refractivity contribution is 7.09. The van der Waals surface area contributed by atoms with Gasteiger partial charge in [-0.15, -0.1) is 0 Å². The SMILES string of the molecule is NC(=O)c1nsc(C(=O)N(c2ccccc2)[C@@H](C(=O)NCc2ccc(F)cc2)c2c[nH]c3ccccc23)c1N. The Morgan fingerprint density at radius 2 is 1.69 bits per heavy atom. The molecule has 9 nitrogen and oxygen atoms in total. The summed E-state index contributed by atoms with van der Waals surface area (Å²) in [4.78, 5) is 44.3. The van der Waals surface area contributed by atoms with Crippen molar-refractivity contribution in [1.82, 2.24) is 14.7 Å². The lowest BCUT2D eigenvalue weighted by molar-refractivity contribution is -0.122. The molecule has 1 atom stereocenters. The molecule has 11 heteroatoms. The molecule has 0 unspecified atom stereocenters. The quantitative estimate of drug-likeness (QED) is 0.233. The highest BCUT2D eigenvalue weighted by atomic mass is 32.1. The molecule has 3 aromatic carbocycles. The van der Waals surface area contributed by atoms with Gasteiger partial charge in [0.05, 0.1) is 5.69 Å². The topological polar surface area (TPSA) is 147 Å². The van der Waals surface area contributed by atoms with Gasteiger partial charge in [-0.3, -0.25) is 19.3 Å². The first-order chi connectivity index (χ1) is 18.8. The van der Waals surface area contributed by atoms with E-state index in [9.17, 15) is 18.8 Å². The number of benzene rings is 3. The minimum atomic E-state index is -1.16. The summed E-state index contributed by atoms with van der Waals surface area (Å²) in [7, 11) is 0. The van der Waals surface area contributed by atoms with E-state index in [-0.39, 0.29) is 28.6 Å². The number of aromatic amines is 1. The lowest BCUT2D eigenvalue weighted by Gasteiger charge is -2.31. The highest BCUT2D eigenvalue weighted by Gasteiger charge is 2.37. The van der Waals surface area contributed by atoms with Gasteiger partial charge in [-0.25, -0.2) is 4.39 Å². The van der Waals surface area contributed by atoms with Gasteiger partial charge in [0.15, 0.2) is 5.69 Å². The van der Waals surface area contributed by atoms with Crippen LogP contribution in [0, 0.1) is 5.82 Å². The number of nitrogens with two attached hydrogens (primary N) is 2. The third-order valence-corrected chi connectivity index (χ3v) is 7.06. The Labute approximate surface area is 226 Å². The van der Waals surface area contributed by atoms with Crippen LogP contribution in [0.4, 0.5) is 15.8 Å². The van der Waals surface area contributed by atoms with Gasteiger partial charge >= 0.3 is 0 Å². The summed E-state index contributed by atoms with van der Waals surface area (Å²) >= 11 is 0.735. The highest BCUT2D eigenvalue weighted by Crippen LogP contribution is 2.35. The Hall–Kier alpha value is -5.03. The summed E-state index contributed by atoms with van der Waals surface area (Å²) in [6.45, 7) is 0.101. The average Bonchev–Trinajstić information content (AvgIpc) is 3.55. The van der Waals surface area contributed by atoms with Crippen molar-refractivity contribution in [2.24, 2.45) is 5.73 Å². The maximum Gasteiger partial charge on any atom is 0.273 e. The van der Waals surface area contributed by atoms with E-state index in [0.717, 1.165) is 22.4 Å². The van der Waals surface area contributed by atoms with Crippen LogP contribution in [0.25, 0.3) is 10.9 Å². The number of nitrogens with one attached hydrogen (secondary N) is 2. The molecular weight excluding hydrogens is 519 g/mol. The third-order valence-electron chi connectivity index (χ3n) is 6.21. The maximum atomic E-state index is 14.1. The third kappa shape index (κ3) is 5.07. The molecule has 5 aromatic rings. The Balaban J connectivity index is 1.63. The molecule has 0 radical (unpaired) electrons. The first kappa shape index (κ1) is 25.6. The van der Waals surface area contributed by atoms with E-state index in [2.05, 4.69) is 14.7 Å². The minimum absolute atomic E-state index is 0.0242. The number of fused-ring (bicyclic) bond motifs is 1. The average molecular weight is 543 g/mol. The first-order valence-corrected chi connectivity index (χ1v) is 12.6. The van der Waals surface area contributed by atoms with Gasteiger partial charge in [0.1, 0.15) is 16.7 Å². The van der Waals surface area contributed by atoms with Crippen molar-refractivity contribution in [2.75, 3.05) is 10.6 Å². The lowest BCUT2D eigenvalue weighted by atomic mass is 10.0. The predicted octanol–water partition coefficient (Wildman–Crippen LogP) is 4.15. The van der Waals surface area contributed by atoms with Crippen molar-refractivity contribution >= 4 is 51.5 Å². The molecule has 0 aliphatic heterocycles. The zero-order valence-electron chi connectivity index (χ0n) is 20.4. The molecule has 0 saturated heterocycles. The van der Waals surface area contributed by atoms with Crippen LogP contribution in [0.2, 0.25) is 0 Å². The van der Waals surface area contributed by atoms with Crippen molar-refractivity contribution in [3.63, 3.8) is 0 Å². The number of halogens is 1. The fourth-order valence-corrected chi connectivity index (χ4v) is 5.06. The zero-order valence-corrected chi connectivity index (χ0v) is 21.2. The smallest absolute Gasteiger partial charge is 0.273 e. The number of carbonyl (C=O) groups is 3. The van der Waals surface area contributed by atoms with Crippen LogP contribution in [-0.2, 0) is 11.3 Å². The molecule has 0 saturated carbocycles. The Morgan fingerprint density at radius 1 is 1.00 bits per heavy atom. The summed E-state index contributed by atoms with van der Waals surface area (Å²) in [6.07, 6.45) is 1.68. The van der Waals surface area contributed by atoms with Crippen LogP contribution in [0.5, 0.6) is 0 Å². The number of anilines is 2. The molecule has 0 spiro atoms. The lowest BCUT2D eigenvalue weighted by Crippen LogP contribution is -2.44. The van der Waals surface area contributed by atoms with Crippen LogP contribution < -0.4 is 21.7 Å². The molecule has 5 rings (SSSR count). The molecule has 0 bridgehead atoms. The van der Waals surface area contributed by atoms with E-state index in [0.29, 0.717) is 16.8 Å². The van der Waals surface area contributed by atoms with Crippen LogP contribution in [0.15, 0.2) is 85.1 Å². The van der Waals surface area contributed by atoms with Gasteiger partial charge in [-0.2, -0.15) is 4.37 Å². The number of H-pyrrole nitrogens is 1. The second kappa shape index (κ2) is 10.8. The fourth-order valence-electron chi connectivity index (χ4n) is 4.32. The Morgan fingerprint density at radius 3 is 2.38 bits per heavy atom. The van der Waals surface area contributed by atoms with Crippen molar-refractivity contribution < 1.29 is 18.8 Å². The molecule has 196 valence electrons. The molecule has 2 heterocycles. The van der Waals surface area contributed by atoms with Crippen LogP contribution >= 0.6 is 11.5 Å². The van der Waals surface area contributed by atoms with Gasteiger partial charge in [0.25, 0.3) is 11.8 Å². The van der Waals surface area contributed by atoms with E-state index in [1.54, 1.807) is 48.7 Å². The number of para-hydroxylation sites is 2. The summed E-state index contributed by atoms with van der Waals surface area (Å²) in [5.41, 5.74) is 13.5. The number of aromatic nitrogens is 2. The second-order valence-electron chi connectivity index (χ2n) is 8.69. The van der Waals surface area contributed by atoms with E-state index in [4.69, 9.17) is 11.5 Å². The Kier molecular flexibility index (Phi) is 7.06. The van der Waals surface area contributed by atoms with Gasteiger partial charge in [-0.1, -0.05) is 48.5 Å². The second-order valence-corrected chi connectivity index (χ2v) is 9.46. The number of amides is 3. The monoisotopic (exact) mass is 542 g/mol. The predicted molar refractivity (Wildman–Crippen MR) is 148 cm³/mol. The summed E-state index contributed by atoms with van der Waals surface area (Å²) in [6, 6.07) is 20.6. The number of hydrogen-bond acceptors (Lipinski definition) is 6. The normalized spacial score (nSPS) is 11.7. The van der Waals surface area contributed by atoms with Crippen molar-refractivity contribution in [3.05, 3.63) is 113 Å². The van der Waals surface area contributed by atoms with Crippen molar-refractivity contribution in [1.29, 1.82) is 0 Å². The van der Waals surface area contributed by atoms with E-state index in [1.165, 1.54) is 17.0 Å². The first-order valence-electron chi connectivity index (χ1n) is 11.9. The number of nitrogen functional groups attached to an aromatic ring is 1. The van der Waals surface area contributed by atoms with Crippen LogP contribution in [0.1, 0.15) is 37.3 Å². The molecule has 2 aromatic heterocycles. The number of primary amides is 1. The van der Waals surface area contributed by atoms with Gasteiger partial charge in [0, 0.05) is 34.9 Å². The molecule has 0 fully saturated rings. The molecule has 0 aliphatic carbocycles. The maximum absolute atomic E-state index is 14.1. The van der Waals surface area contributed by atoms with Crippen LogP contribution in [0.3, 0.4) is 0 Å². The fraction of sp³-hybridized carbons (Fsp3) is 0.0714. The molecule has 6 N–H and O–H groups in total. The summed E-state index contributed by atoms with van der Waals surface area (Å²) in [5.74, 6) is -2.37. The molecule has 3 amide bonds. The summed E-state index contributed by atoms with van der Waals surface area (Å²) in [5, 5.41) is 3.62. The zero-order chi connectivity index (χ0) is 27.5. The minimum Gasteiger partial charge on any atom is -0.395 e. The van der Waals surface area contributed by atoms with Gasteiger partial charge in [-0.05, 0) is 47.4 Å². The van der Waals surface area contributed by atoms with Crippen molar-refractivity contribution in [3.8, 4) is 0 Å². The Bertz CT molecular complexity index is 1670. The largest absolute Gasteiger partial charge is 0.395 e. The van der Waals surface area contributed by atoms with E-state index < -0.39 is 23.8 Å². The van der Waals surface area contributed by atoms with Gasteiger partial charge < -0.3 is 21.8 Å². The number of carbonyl (C=O) groups excluding carboxylic acids is 3. The van der Waals surface area contributed by atoms with Crippen LogP contribution in [-0.4, -0.2) is 27.1 Å². The molecular formula is C28H23FN6O3S. The molecule has 39 heavy (non-hydrogen) atoms. The summed E-state index contributed by atoms with van der Waals surface area (Å²) < 4.78 is 17.4. The number of nitrogens with zero attached hydrogens (tertiary/aromatic N) is 2. The standard InChI is InChI=1S/C28H23FN6O3S/c29-17-12-10-16(11-13-17)14-33-27(37)24(20-15-32-21-9-5-4-8-19(20)21)35(18-6-2-1-3-7-18)28(38)25-22(30)23(26(31)36)34-39-25/h1-13,15,24,32H,14,30H2,(H2,31,36)(H,33,37)/t24-/m1/s1. The number of rotatable bonds is 8. The number of hydrogen-bond donors (Lipinski definition) is 4. The van der Waals surface area contributed by atoms with E-state index >= 15 is 0 Å². The van der Waals surface area contributed by atoms with Gasteiger partial charge in [0.2, 0.25) is 5.91 Å². The van der Waals surface area contributed by atoms with E-state index in [1.807, 2.05) is 24.3 Å². The molecule has 0 aliphatic rings.